The molecular weight excluding hydrogens is 574 g/mol. The molecule has 2 aliphatic carbocycles. The largest absolute Gasteiger partial charge is 0.471 e. The maximum Gasteiger partial charge on any atom is 0.264 e. The lowest BCUT2D eigenvalue weighted by atomic mass is 9.63. The molecule has 9 nitrogen and oxygen atoms in total. The lowest BCUT2D eigenvalue weighted by molar-refractivity contribution is -0.0401. The van der Waals surface area contributed by atoms with Crippen LogP contribution in [0.15, 0.2) is 53.4 Å². The van der Waals surface area contributed by atoms with Gasteiger partial charge in [0.05, 0.1) is 16.6 Å². The Balaban J connectivity index is 1.28. The van der Waals surface area contributed by atoms with Crippen LogP contribution in [-0.2, 0) is 10.0 Å². The number of Topliss-reactive ketones (excluding diaryl/α,β-unsaturated/α-hetero) is 1. The van der Waals surface area contributed by atoms with E-state index in [1.165, 1.54) is 50.7 Å². The van der Waals surface area contributed by atoms with E-state index >= 15 is 0 Å². The van der Waals surface area contributed by atoms with Crippen molar-refractivity contribution < 1.29 is 17.9 Å². The number of aromatic nitrogens is 2. The van der Waals surface area contributed by atoms with Gasteiger partial charge in [0.15, 0.2) is 5.78 Å². The minimum Gasteiger partial charge on any atom is -0.471 e. The first-order chi connectivity index (χ1) is 21.1. The van der Waals surface area contributed by atoms with Gasteiger partial charge in [0, 0.05) is 42.4 Å². The maximum atomic E-state index is 13.5. The fraction of sp³-hybridized carbons (Fsp3) is 0.500. The Bertz CT molecular complexity index is 1680. The molecule has 0 unspecified atom stereocenters. The summed E-state index contributed by atoms with van der Waals surface area (Å²) in [7, 11) is -4.09. The first kappa shape index (κ1) is 29.4. The predicted octanol–water partition coefficient (Wildman–Crippen LogP) is 5.28. The summed E-state index contributed by atoms with van der Waals surface area (Å²) in [5, 5.41) is 3.56. The Morgan fingerprint density at radius 1 is 1.00 bits per heavy atom. The number of ketones is 1. The van der Waals surface area contributed by atoms with Gasteiger partial charge in [0.1, 0.15) is 6.10 Å². The molecule has 3 fully saturated rings. The van der Waals surface area contributed by atoms with Crippen molar-refractivity contribution in [3.63, 3.8) is 0 Å². The highest BCUT2D eigenvalue weighted by atomic mass is 32.2. The Labute approximate surface area is 259 Å². The van der Waals surface area contributed by atoms with Crippen LogP contribution in [0.25, 0.3) is 11.3 Å². The number of sulfonamides is 1. The summed E-state index contributed by atoms with van der Waals surface area (Å²) in [6.07, 6.45) is 8.44. The number of anilines is 1. The van der Waals surface area contributed by atoms with Gasteiger partial charge < -0.3 is 10.1 Å². The van der Waals surface area contributed by atoms with Crippen molar-refractivity contribution in [2.75, 3.05) is 17.8 Å². The van der Waals surface area contributed by atoms with Gasteiger partial charge in [-0.3, -0.25) is 9.69 Å². The van der Waals surface area contributed by atoms with E-state index in [0.717, 1.165) is 29.7 Å². The number of carbonyl (C=O) groups is 1. The number of aryl methyl sites for hydroxylation is 2. The number of benzene rings is 2. The molecule has 44 heavy (non-hydrogen) atoms. The van der Waals surface area contributed by atoms with Crippen molar-refractivity contribution in [3.8, 4) is 17.1 Å². The van der Waals surface area contributed by atoms with E-state index < -0.39 is 16.1 Å². The number of hydrogen-bond donors (Lipinski definition) is 2. The average molecular weight is 616 g/mol. The van der Waals surface area contributed by atoms with E-state index in [4.69, 9.17) is 4.74 Å². The van der Waals surface area contributed by atoms with Gasteiger partial charge in [0.2, 0.25) is 11.8 Å². The van der Waals surface area contributed by atoms with Crippen LogP contribution in [0.1, 0.15) is 73.4 Å². The van der Waals surface area contributed by atoms with E-state index in [0.29, 0.717) is 35.1 Å². The van der Waals surface area contributed by atoms with E-state index in [-0.39, 0.29) is 28.8 Å². The van der Waals surface area contributed by atoms with Crippen LogP contribution in [-0.4, -0.2) is 66.4 Å². The summed E-state index contributed by atoms with van der Waals surface area (Å²) in [4.78, 5) is 25.3. The van der Waals surface area contributed by atoms with Crippen molar-refractivity contribution >= 4 is 21.8 Å². The highest BCUT2D eigenvalue weighted by Crippen LogP contribution is 2.55. The molecule has 232 valence electrons. The monoisotopic (exact) mass is 615 g/mol. The summed E-state index contributed by atoms with van der Waals surface area (Å²) in [6.45, 7) is 7.52. The van der Waals surface area contributed by atoms with Gasteiger partial charge in [-0.05, 0) is 81.5 Å². The van der Waals surface area contributed by atoms with Gasteiger partial charge in [-0.15, -0.1) is 0 Å². The summed E-state index contributed by atoms with van der Waals surface area (Å²) < 4.78 is 36.4. The minimum absolute atomic E-state index is 0.0251. The second kappa shape index (κ2) is 11.2. The van der Waals surface area contributed by atoms with Crippen LogP contribution in [0.3, 0.4) is 0 Å². The molecule has 2 aromatic carbocycles. The molecule has 0 amide bonds. The van der Waals surface area contributed by atoms with Gasteiger partial charge >= 0.3 is 0 Å². The Morgan fingerprint density at radius 3 is 2.48 bits per heavy atom. The second-order valence-corrected chi connectivity index (χ2v) is 15.1. The molecule has 3 heterocycles. The normalized spacial score (nSPS) is 27.8. The predicted molar refractivity (Wildman–Crippen MR) is 169 cm³/mol. The van der Waals surface area contributed by atoms with Crippen LogP contribution < -0.4 is 14.8 Å². The molecule has 10 heteroatoms. The summed E-state index contributed by atoms with van der Waals surface area (Å²) in [6, 6.07) is 13.9. The molecule has 2 saturated carbocycles. The van der Waals surface area contributed by atoms with E-state index in [1.807, 2.05) is 39.0 Å². The number of fused-ring (bicyclic) bond motifs is 5. The molecule has 1 aromatic heterocycles. The lowest BCUT2D eigenvalue weighted by Crippen LogP contribution is -2.62. The smallest absolute Gasteiger partial charge is 0.264 e. The second-order valence-electron chi connectivity index (χ2n) is 13.4. The maximum absolute atomic E-state index is 13.5. The van der Waals surface area contributed by atoms with Crippen molar-refractivity contribution in [3.05, 3.63) is 65.2 Å². The SMILES string of the molecule is Cc1cccc(C)c1-c1cc2nc(n1)NS(=O)(=O)c1cccc(c1)C(=O)[C@@H](C)N[C@@H]1CCN(C3CC4(CCCC4)C3)C[C@H]1O2. The zero-order valence-corrected chi connectivity index (χ0v) is 26.5. The minimum atomic E-state index is -4.09. The number of carbonyl (C=O) groups excluding carboxylic acids is 1. The number of nitrogens with one attached hydrogen (secondary N) is 2. The molecule has 4 bridgehead atoms. The van der Waals surface area contributed by atoms with Gasteiger partial charge in [0.25, 0.3) is 10.0 Å². The first-order valence-electron chi connectivity index (χ1n) is 15.9. The lowest BCUT2D eigenvalue weighted by Gasteiger charge is -2.53. The van der Waals surface area contributed by atoms with Crippen LogP contribution in [0.4, 0.5) is 5.95 Å². The van der Waals surface area contributed by atoms with Crippen molar-refractivity contribution in [2.24, 2.45) is 5.41 Å². The zero-order valence-electron chi connectivity index (χ0n) is 25.7. The molecule has 4 aliphatic rings. The fourth-order valence-electron chi connectivity index (χ4n) is 7.99. The topological polar surface area (TPSA) is 114 Å². The fourth-order valence-corrected chi connectivity index (χ4v) is 8.98. The van der Waals surface area contributed by atoms with Gasteiger partial charge in [-0.2, -0.15) is 4.98 Å². The molecule has 3 atom stereocenters. The number of hydrogen-bond acceptors (Lipinski definition) is 8. The number of likely N-dealkylation sites (tertiary alicyclic amines) is 1. The van der Waals surface area contributed by atoms with Gasteiger partial charge in [-0.25, -0.2) is 18.1 Å². The number of piperidine rings is 1. The van der Waals surface area contributed by atoms with E-state index in [2.05, 4.69) is 24.9 Å². The van der Waals surface area contributed by atoms with Crippen molar-refractivity contribution in [2.45, 2.75) is 94.8 Å². The molecule has 1 saturated heterocycles. The molecule has 3 aromatic rings. The molecule has 2 aliphatic heterocycles. The van der Waals surface area contributed by atoms with Crippen LogP contribution in [0.2, 0.25) is 0 Å². The van der Waals surface area contributed by atoms with E-state index in [9.17, 15) is 13.2 Å². The van der Waals surface area contributed by atoms with Crippen molar-refractivity contribution in [1.82, 2.24) is 20.2 Å². The number of nitrogens with zero attached hydrogens (tertiary/aromatic N) is 3. The number of ether oxygens (including phenoxy) is 1. The zero-order chi connectivity index (χ0) is 30.6. The Morgan fingerprint density at radius 2 is 1.73 bits per heavy atom. The van der Waals surface area contributed by atoms with Gasteiger partial charge in [-0.1, -0.05) is 43.2 Å². The van der Waals surface area contributed by atoms with E-state index in [1.54, 1.807) is 18.2 Å². The third kappa shape index (κ3) is 5.52. The quantitative estimate of drug-likeness (QED) is 0.401. The summed E-state index contributed by atoms with van der Waals surface area (Å²) in [5.74, 6) is 0.0795. The standard InChI is InChI=1S/C34H41N5O4S/c1-21-8-6-9-22(2)31(21)28-17-30-37-33(36-28)38-44(41,42)26-11-7-10-24(16-26)32(40)23(3)35-27-12-15-39(20-29(27)43-30)25-18-34(19-25)13-4-5-14-34/h6-11,16-17,23,25,27,29,35H,4-5,12-15,18-20H2,1-3H3,(H,36,37,38)/t23-,27-,29-/m1/s1. The highest BCUT2D eigenvalue weighted by Gasteiger charge is 2.49. The molecule has 2 N–H and O–H groups in total. The van der Waals surface area contributed by atoms with Crippen molar-refractivity contribution in [1.29, 1.82) is 0 Å². The average Bonchev–Trinajstić information content (AvgIpc) is 3.47. The highest BCUT2D eigenvalue weighted by molar-refractivity contribution is 7.92. The number of rotatable bonds is 2. The molecular formula is C34H41N5O4S. The first-order valence-corrected chi connectivity index (χ1v) is 17.4. The van der Waals surface area contributed by atoms with Crippen LogP contribution >= 0.6 is 0 Å². The summed E-state index contributed by atoms with van der Waals surface area (Å²) >= 11 is 0. The van der Waals surface area contributed by atoms with Crippen LogP contribution in [0, 0.1) is 19.3 Å². The molecule has 7 rings (SSSR count). The molecule has 0 radical (unpaired) electrons. The Kier molecular flexibility index (Phi) is 7.50. The third-order valence-electron chi connectivity index (χ3n) is 10.3. The Hall–Kier alpha value is -3.34. The third-order valence-corrected chi connectivity index (χ3v) is 11.7. The molecule has 1 spiro atoms. The van der Waals surface area contributed by atoms with Crippen LogP contribution in [0.5, 0.6) is 5.88 Å². The summed E-state index contributed by atoms with van der Waals surface area (Å²) in [5.41, 5.74) is 4.42.